The predicted octanol–water partition coefficient (Wildman–Crippen LogP) is 3.04. The van der Waals surface area contributed by atoms with E-state index >= 15 is 0 Å². The predicted molar refractivity (Wildman–Crippen MR) is 138 cm³/mol. The average Bonchev–Trinajstić information content (AvgIpc) is 3.38. The molecule has 1 atom stereocenters. The van der Waals surface area contributed by atoms with Gasteiger partial charge in [0.15, 0.2) is 11.5 Å². The Kier molecular flexibility index (Phi) is 8.32. The summed E-state index contributed by atoms with van der Waals surface area (Å²) in [6.45, 7) is 7.22. The van der Waals surface area contributed by atoms with Gasteiger partial charge in [0.25, 0.3) is 5.91 Å². The largest absolute Gasteiger partial charge is 0.497 e. The van der Waals surface area contributed by atoms with E-state index in [4.69, 9.17) is 24.0 Å². The van der Waals surface area contributed by atoms with Gasteiger partial charge in [0.05, 0.1) is 46.7 Å². The van der Waals surface area contributed by atoms with Gasteiger partial charge in [-0.1, -0.05) is 6.92 Å². The fourth-order valence-corrected chi connectivity index (χ4v) is 4.79. The van der Waals surface area contributed by atoms with Gasteiger partial charge in [-0.05, 0) is 36.9 Å². The van der Waals surface area contributed by atoms with Crippen molar-refractivity contribution in [3.8, 4) is 23.0 Å². The van der Waals surface area contributed by atoms with Gasteiger partial charge in [-0.25, -0.2) is 5.01 Å². The van der Waals surface area contributed by atoms with E-state index in [0.29, 0.717) is 36.0 Å². The van der Waals surface area contributed by atoms with Crippen LogP contribution in [0.5, 0.6) is 23.0 Å². The molecule has 0 spiro atoms. The first-order valence-electron chi connectivity index (χ1n) is 12.3. The lowest BCUT2D eigenvalue weighted by Crippen LogP contribution is -2.49. The van der Waals surface area contributed by atoms with Crippen LogP contribution in [0.4, 0.5) is 0 Å². The van der Waals surface area contributed by atoms with Crippen LogP contribution in [0.2, 0.25) is 0 Å². The second kappa shape index (κ2) is 11.6. The molecule has 9 heteroatoms. The number of piperazine rings is 1. The van der Waals surface area contributed by atoms with Crippen LogP contribution < -0.4 is 18.9 Å². The summed E-state index contributed by atoms with van der Waals surface area (Å²) in [5, 5.41) is 6.47. The number of hydrazone groups is 1. The minimum absolute atomic E-state index is 0.0294. The van der Waals surface area contributed by atoms with Gasteiger partial charge < -0.3 is 23.8 Å². The van der Waals surface area contributed by atoms with Crippen LogP contribution in [0.3, 0.4) is 0 Å². The van der Waals surface area contributed by atoms with Crippen molar-refractivity contribution in [2.45, 2.75) is 19.4 Å². The number of nitrogens with zero attached hydrogens (tertiary/aromatic N) is 4. The van der Waals surface area contributed by atoms with E-state index in [9.17, 15) is 4.79 Å². The molecule has 4 rings (SSSR count). The summed E-state index contributed by atoms with van der Waals surface area (Å²) in [6.07, 6.45) is 0.549. The maximum Gasteiger partial charge on any atom is 0.257 e. The molecule has 2 aromatic rings. The first-order valence-corrected chi connectivity index (χ1v) is 12.3. The molecular weight excluding hydrogens is 460 g/mol. The lowest BCUT2D eigenvalue weighted by molar-refractivity contribution is -0.134. The van der Waals surface area contributed by atoms with E-state index < -0.39 is 0 Å². The summed E-state index contributed by atoms with van der Waals surface area (Å²) in [7, 11) is 6.47. The zero-order chi connectivity index (χ0) is 25.7. The van der Waals surface area contributed by atoms with Crippen LogP contribution in [-0.2, 0) is 4.79 Å². The van der Waals surface area contributed by atoms with Crippen LogP contribution in [-0.4, -0.2) is 94.1 Å². The van der Waals surface area contributed by atoms with E-state index in [-0.39, 0.29) is 11.9 Å². The number of likely N-dealkylation sites (N-methyl/N-ethyl adjacent to an activating group) is 1. The van der Waals surface area contributed by atoms with Gasteiger partial charge in [-0.3, -0.25) is 9.69 Å². The second-order valence-electron chi connectivity index (χ2n) is 8.89. The molecule has 1 fully saturated rings. The van der Waals surface area contributed by atoms with Crippen molar-refractivity contribution in [3.63, 3.8) is 0 Å². The topological polar surface area (TPSA) is 76.1 Å². The molecule has 2 aromatic carbocycles. The summed E-state index contributed by atoms with van der Waals surface area (Å²) in [6, 6.07) is 11.1. The highest BCUT2D eigenvalue weighted by molar-refractivity contribution is 6.03. The number of benzene rings is 2. The molecule has 2 heterocycles. The molecule has 1 amide bonds. The molecule has 0 radical (unpaired) electrons. The standard InChI is InChI=1S/C27H36N4O5/c1-6-29-11-13-30(14-12-29)18-27(32)31-23(21-9-8-20(33-2)16-25(21)35-4)17-22(28-31)19-7-10-24(34-3)26(15-19)36-5/h7-10,15-16,23H,6,11-14,17-18H2,1-5H3/t23-/m0/s1. The molecule has 194 valence electrons. The molecule has 0 aromatic heterocycles. The zero-order valence-corrected chi connectivity index (χ0v) is 21.8. The van der Waals surface area contributed by atoms with Crippen LogP contribution in [0, 0.1) is 0 Å². The van der Waals surface area contributed by atoms with E-state index in [2.05, 4.69) is 16.7 Å². The molecule has 1 saturated heterocycles. The number of carbonyl (C=O) groups excluding carboxylic acids is 1. The Bertz CT molecular complexity index is 1100. The third-order valence-corrected chi connectivity index (χ3v) is 6.95. The first-order chi connectivity index (χ1) is 17.5. The van der Waals surface area contributed by atoms with Crippen molar-refractivity contribution < 1.29 is 23.7 Å². The highest BCUT2D eigenvalue weighted by Gasteiger charge is 2.36. The fourth-order valence-electron chi connectivity index (χ4n) is 4.79. The highest BCUT2D eigenvalue weighted by Crippen LogP contribution is 2.40. The smallest absolute Gasteiger partial charge is 0.257 e. The monoisotopic (exact) mass is 496 g/mol. The molecule has 0 aliphatic carbocycles. The lowest BCUT2D eigenvalue weighted by Gasteiger charge is -2.34. The van der Waals surface area contributed by atoms with Crippen LogP contribution in [0.25, 0.3) is 0 Å². The number of amides is 1. The first kappa shape index (κ1) is 25.8. The van der Waals surface area contributed by atoms with Crippen LogP contribution >= 0.6 is 0 Å². The number of ether oxygens (including phenoxy) is 4. The normalized spacial score (nSPS) is 18.6. The van der Waals surface area contributed by atoms with Gasteiger partial charge in [0.1, 0.15) is 11.5 Å². The maximum atomic E-state index is 13.6. The van der Waals surface area contributed by atoms with Crippen molar-refractivity contribution >= 4 is 11.6 Å². The molecule has 0 saturated carbocycles. The summed E-state index contributed by atoms with van der Waals surface area (Å²) in [4.78, 5) is 18.2. The molecular formula is C27H36N4O5. The van der Waals surface area contributed by atoms with Crippen molar-refractivity contribution in [2.24, 2.45) is 5.10 Å². The molecule has 0 unspecified atom stereocenters. The van der Waals surface area contributed by atoms with Gasteiger partial charge >= 0.3 is 0 Å². The third kappa shape index (κ3) is 5.42. The van der Waals surface area contributed by atoms with E-state index in [1.54, 1.807) is 33.4 Å². The van der Waals surface area contributed by atoms with E-state index in [0.717, 1.165) is 49.6 Å². The maximum absolute atomic E-state index is 13.6. The summed E-state index contributed by atoms with van der Waals surface area (Å²) in [5.41, 5.74) is 2.58. The van der Waals surface area contributed by atoms with Crippen molar-refractivity contribution in [2.75, 3.05) is 67.7 Å². The highest BCUT2D eigenvalue weighted by atomic mass is 16.5. The number of rotatable bonds is 9. The zero-order valence-electron chi connectivity index (χ0n) is 21.8. The molecule has 36 heavy (non-hydrogen) atoms. The van der Waals surface area contributed by atoms with Crippen LogP contribution in [0.1, 0.15) is 30.5 Å². The Morgan fingerprint density at radius 1 is 0.861 bits per heavy atom. The molecule has 0 bridgehead atoms. The molecule has 0 N–H and O–H groups in total. The summed E-state index contributed by atoms with van der Waals surface area (Å²) in [5.74, 6) is 2.60. The Morgan fingerprint density at radius 3 is 2.19 bits per heavy atom. The third-order valence-electron chi connectivity index (χ3n) is 6.95. The SMILES string of the molecule is CCN1CCN(CC(=O)N2N=C(c3ccc(OC)c(OC)c3)C[C@H]2c2ccc(OC)cc2OC)CC1. The van der Waals surface area contributed by atoms with Gasteiger partial charge in [0.2, 0.25) is 0 Å². The number of methoxy groups -OCH3 is 4. The van der Waals surface area contributed by atoms with Crippen molar-refractivity contribution in [1.29, 1.82) is 0 Å². The van der Waals surface area contributed by atoms with Gasteiger partial charge in [0, 0.05) is 49.8 Å². The van der Waals surface area contributed by atoms with Gasteiger partial charge in [-0.2, -0.15) is 5.10 Å². The van der Waals surface area contributed by atoms with E-state index in [1.807, 2.05) is 36.4 Å². The number of hydrogen-bond acceptors (Lipinski definition) is 8. The Labute approximate surface area is 213 Å². The number of hydrogen-bond donors (Lipinski definition) is 0. The number of carbonyl (C=O) groups is 1. The van der Waals surface area contributed by atoms with E-state index in [1.165, 1.54) is 0 Å². The molecule has 2 aliphatic heterocycles. The minimum Gasteiger partial charge on any atom is -0.497 e. The summed E-state index contributed by atoms with van der Waals surface area (Å²) >= 11 is 0. The second-order valence-corrected chi connectivity index (χ2v) is 8.89. The minimum atomic E-state index is -0.293. The average molecular weight is 497 g/mol. The lowest BCUT2D eigenvalue weighted by atomic mass is 9.97. The van der Waals surface area contributed by atoms with Crippen molar-refractivity contribution in [1.82, 2.24) is 14.8 Å². The Balaban J connectivity index is 1.64. The fraction of sp³-hybridized carbons (Fsp3) is 0.481. The Morgan fingerprint density at radius 2 is 1.56 bits per heavy atom. The van der Waals surface area contributed by atoms with Crippen molar-refractivity contribution in [3.05, 3.63) is 47.5 Å². The quantitative estimate of drug-likeness (QED) is 0.528. The van der Waals surface area contributed by atoms with Gasteiger partial charge in [-0.15, -0.1) is 0 Å². The Hall–Kier alpha value is -3.30. The summed E-state index contributed by atoms with van der Waals surface area (Å²) < 4.78 is 22.0. The molecule has 9 nitrogen and oxygen atoms in total. The van der Waals surface area contributed by atoms with Crippen LogP contribution in [0.15, 0.2) is 41.5 Å². The molecule has 2 aliphatic rings.